The molecule has 0 saturated heterocycles. The van der Waals surface area contributed by atoms with Crippen LogP contribution in [-0.4, -0.2) is 51.0 Å². The maximum atomic E-state index is 12.8. The van der Waals surface area contributed by atoms with Crippen LogP contribution in [0.15, 0.2) is 71.4 Å². The van der Waals surface area contributed by atoms with Crippen molar-refractivity contribution < 1.29 is 14.1 Å². The quantitative estimate of drug-likeness (QED) is 0.236. The van der Waals surface area contributed by atoms with Gasteiger partial charge in [-0.3, -0.25) is 4.79 Å². The number of benzene rings is 2. The third-order valence-electron chi connectivity index (χ3n) is 7.80. The number of methoxy groups -OCH3 is 1. The van der Waals surface area contributed by atoms with E-state index in [1.54, 1.807) is 7.11 Å². The van der Waals surface area contributed by atoms with Gasteiger partial charge >= 0.3 is 0 Å². The van der Waals surface area contributed by atoms with Gasteiger partial charge in [0.1, 0.15) is 5.75 Å². The average Bonchev–Trinajstić information content (AvgIpc) is 3.69. The van der Waals surface area contributed by atoms with Crippen LogP contribution in [0.5, 0.6) is 5.75 Å². The molecule has 0 bridgehead atoms. The van der Waals surface area contributed by atoms with Gasteiger partial charge < -0.3 is 19.9 Å². The number of pyridine rings is 1. The highest BCUT2D eigenvalue weighted by atomic mass is 16.5. The van der Waals surface area contributed by atoms with Crippen molar-refractivity contribution in [2.24, 2.45) is 0 Å². The molecule has 10 nitrogen and oxygen atoms in total. The Hall–Kier alpha value is -4.83. The molecule has 1 amide bonds. The predicted octanol–water partition coefficient (Wildman–Crippen LogP) is 5.70. The molecule has 1 atom stereocenters. The standard InChI is InChI=1S/C34H37N7O3/c1-21(37-32(42)30-38-33(44-40-30)34(2,3)4)23-10-12-24(13-11-23)27-16-18-36-31-28(27)29(25-7-6-17-35-19-25)39-41(31)20-22-8-14-26(43-5)15-9-22/h7-16,18,21,35H,6,17,19-20H2,1-5H3,(H,37,42)/t21-/m1/s1. The van der Waals surface area contributed by atoms with Crippen molar-refractivity contribution in [1.82, 2.24) is 35.5 Å². The van der Waals surface area contributed by atoms with E-state index in [9.17, 15) is 4.79 Å². The first kappa shape index (κ1) is 29.3. The summed E-state index contributed by atoms with van der Waals surface area (Å²) in [4.78, 5) is 21.9. The fourth-order valence-corrected chi connectivity index (χ4v) is 5.32. The number of hydrogen-bond acceptors (Lipinski definition) is 8. The van der Waals surface area contributed by atoms with E-state index in [0.717, 1.165) is 64.2 Å². The van der Waals surface area contributed by atoms with Gasteiger partial charge in [-0.1, -0.05) is 68.4 Å². The number of ether oxygens (including phenoxy) is 1. The van der Waals surface area contributed by atoms with Crippen LogP contribution in [0.2, 0.25) is 0 Å². The monoisotopic (exact) mass is 591 g/mol. The zero-order valence-electron chi connectivity index (χ0n) is 25.7. The van der Waals surface area contributed by atoms with Crippen LogP contribution >= 0.6 is 0 Å². The Morgan fingerprint density at radius 3 is 2.55 bits per heavy atom. The molecule has 0 unspecified atom stereocenters. The molecular formula is C34H37N7O3. The van der Waals surface area contributed by atoms with Gasteiger partial charge in [-0.25, -0.2) is 9.67 Å². The van der Waals surface area contributed by atoms with Gasteiger partial charge in [0.2, 0.25) is 5.89 Å². The molecule has 0 radical (unpaired) electrons. The SMILES string of the molecule is COc1ccc(Cn2nc(C3=CCCNC3)c3c(-c4ccc([C@@H](C)NC(=O)c5noc(C(C)(C)C)n5)cc4)ccnc32)cc1. The van der Waals surface area contributed by atoms with E-state index in [0.29, 0.717) is 12.4 Å². The highest BCUT2D eigenvalue weighted by molar-refractivity contribution is 6.00. The minimum atomic E-state index is -0.375. The highest BCUT2D eigenvalue weighted by Crippen LogP contribution is 2.34. The summed E-state index contributed by atoms with van der Waals surface area (Å²) in [5.74, 6) is 0.901. The predicted molar refractivity (Wildman–Crippen MR) is 169 cm³/mol. The molecule has 0 aliphatic carbocycles. The number of carbonyl (C=O) groups excluding carboxylic acids is 1. The van der Waals surface area contributed by atoms with Crippen molar-refractivity contribution in [2.75, 3.05) is 20.2 Å². The number of amides is 1. The molecule has 2 N–H and O–H groups in total. The van der Waals surface area contributed by atoms with Crippen LogP contribution < -0.4 is 15.4 Å². The maximum absolute atomic E-state index is 12.8. The molecule has 5 aromatic rings. The smallest absolute Gasteiger partial charge is 0.293 e. The summed E-state index contributed by atoms with van der Waals surface area (Å²) in [5.41, 5.74) is 6.80. The van der Waals surface area contributed by atoms with Gasteiger partial charge in [0.05, 0.1) is 30.8 Å². The molecule has 0 fully saturated rings. The van der Waals surface area contributed by atoms with Crippen molar-refractivity contribution >= 4 is 22.5 Å². The Labute approximate surface area is 256 Å². The number of nitrogens with one attached hydrogen (secondary N) is 2. The Morgan fingerprint density at radius 2 is 1.89 bits per heavy atom. The van der Waals surface area contributed by atoms with Crippen LogP contribution in [-0.2, 0) is 12.0 Å². The molecule has 4 heterocycles. The van der Waals surface area contributed by atoms with E-state index in [2.05, 4.69) is 51.1 Å². The fraction of sp³-hybridized carbons (Fsp3) is 0.324. The lowest BCUT2D eigenvalue weighted by atomic mass is 9.96. The Bertz CT molecular complexity index is 1810. The molecule has 10 heteroatoms. The molecule has 2 aromatic carbocycles. The number of hydrogen-bond donors (Lipinski definition) is 2. The van der Waals surface area contributed by atoms with E-state index in [1.165, 1.54) is 5.57 Å². The zero-order valence-corrected chi connectivity index (χ0v) is 25.7. The second-order valence-corrected chi connectivity index (χ2v) is 12.1. The zero-order chi connectivity index (χ0) is 30.8. The van der Waals surface area contributed by atoms with E-state index in [1.807, 2.05) is 68.9 Å². The summed E-state index contributed by atoms with van der Waals surface area (Å²) < 4.78 is 12.6. The first-order valence-electron chi connectivity index (χ1n) is 14.8. The average molecular weight is 592 g/mol. The lowest BCUT2D eigenvalue weighted by molar-refractivity contribution is 0.0926. The van der Waals surface area contributed by atoms with E-state index in [-0.39, 0.29) is 23.2 Å². The van der Waals surface area contributed by atoms with Crippen LogP contribution in [0.3, 0.4) is 0 Å². The van der Waals surface area contributed by atoms with Crippen LogP contribution in [0.4, 0.5) is 0 Å². The second-order valence-electron chi connectivity index (χ2n) is 12.1. The molecular weight excluding hydrogens is 554 g/mol. The largest absolute Gasteiger partial charge is 0.497 e. The molecule has 0 spiro atoms. The third-order valence-corrected chi connectivity index (χ3v) is 7.80. The first-order chi connectivity index (χ1) is 21.2. The maximum Gasteiger partial charge on any atom is 0.293 e. The van der Waals surface area contributed by atoms with Gasteiger partial charge in [-0.15, -0.1) is 0 Å². The van der Waals surface area contributed by atoms with Gasteiger partial charge in [-0.05, 0) is 65.9 Å². The van der Waals surface area contributed by atoms with Gasteiger partial charge in [-0.2, -0.15) is 10.1 Å². The molecule has 1 aliphatic rings. The van der Waals surface area contributed by atoms with Crippen molar-refractivity contribution in [3.63, 3.8) is 0 Å². The number of fused-ring (bicyclic) bond motifs is 1. The summed E-state index contributed by atoms with van der Waals surface area (Å²) >= 11 is 0. The van der Waals surface area contributed by atoms with Crippen molar-refractivity contribution in [3.8, 4) is 16.9 Å². The summed E-state index contributed by atoms with van der Waals surface area (Å²) in [6, 6.07) is 18.1. The van der Waals surface area contributed by atoms with Crippen molar-refractivity contribution in [3.05, 3.63) is 95.4 Å². The third kappa shape index (κ3) is 5.98. The minimum Gasteiger partial charge on any atom is -0.497 e. The molecule has 44 heavy (non-hydrogen) atoms. The summed E-state index contributed by atoms with van der Waals surface area (Å²) in [6.45, 7) is 10.1. The topological polar surface area (TPSA) is 120 Å². The number of rotatable bonds is 8. The van der Waals surface area contributed by atoms with Crippen LogP contribution in [0, 0.1) is 0 Å². The van der Waals surface area contributed by atoms with Gasteiger partial charge in [0, 0.05) is 18.2 Å². The number of nitrogens with zero attached hydrogens (tertiary/aromatic N) is 5. The highest BCUT2D eigenvalue weighted by Gasteiger charge is 2.25. The molecule has 6 rings (SSSR count). The summed E-state index contributed by atoms with van der Waals surface area (Å²) in [5, 5.41) is 16.5. The Kier molecular flexibility index (Phi) is 8.01. The van der Waals surface area contributed by atoms with E-state index in [4.69, 9.17) is 19.3 Å². The summed E-state index contributed by atoms with van der Waals surface area (Å²) in [6.07, 6.45) is 5.07. The lowest BCUT2D eigenvalue weighted by Gasteiger charge is -2.15. The van der Waals surface area contributed by atoms with Gasteiger partial charge in [0.15, 0.2) is 5.65 Å². The van der Waals surface area contributed by atoms with Gasteiger partial charge in [0.25, 0.3) is 11.7 Å². The Morgan fingerprint density at radius 1 is 1.11 bits per heavy atom. The van der Waals surface area contributed by atoms with E-state index < -0.39 is 0 Å². The second kappa shape index (κ2) is 12.0. The lowest BCUT2D eigenvalue weighted by Crippen LogP contribution is -2.27. The van der Waals surface area contributed by atoms with Crippen LogP contribution in [0.1, 0.15) is 73.5 Å². The van der Waals surface area contributed by atoms with Crippen molar-refractivity contribution in [1.29, 1.82) is 0 Å². The van der Waals surface area contributed by atoms with Crippen molar-refractivity contribution in [2.45, 2.75) is 52.1 Å². The minimum absolute atomic E-state index is 0.0308. The molecule has 226 valence electrons. The molecule has 3 aromatic heterocycles. The van der Waals surface area contributed by atoms with Crippen LogP contribution in [0.25, 0.3) is 27.7 Å². The molecule has 1 aliphatic heterocycles. The Balaban J connectivity index is 1.30. The fourth-order valence-electron chi connectivity index (χ4n) is 5.32. The first-order valence-corrected chi connectivity index (χ1v) is 14.8. The summed E-state index contributed by atoms with van der Waals surface area (Å²) in [7, 11) is 1.67. The molecule has 0 saturated carbocycles. The normalized spacial score (nSPS) is 14.3. The number of aromatic nitrogens is 5. The van der Waals surface area contributed by atoms with E-state index >= 15 is 0 Å². The number of carbonyl (C=O) groups is 1.